The molecular formula is C42H72O5. The first-order chi connectivity index (χ1) is 23.1. The molecule has 0 aliphatic carbocycles. The summed E-state index contributed by atoms with van der Waals surface area (Å²) in [5.74, 6) is -0.607. The molecule has 1 atom stereocenters. The summed E-state index contributed by atoms with van der Waals surface area (Å²) in [6, 6.07) is 0. The van der Waals surface area contributed by atoms with E-state index in [1.165, 1.54) is 77.0 Å². The average molecular weight is 657 g/mol. The molecule has 1 N–H and O–H groups in total. The first kappa shape index (κ1) is 44.6. The molecule has 0 rings (SSSR count). The van der Waals surface area contributed by atoms with Crippen LogP contribution in [0.5, 0.6) is 0 Å². The second-order valence-electron chi connectivity index (χ2n) is 12.6. The Morgan fingerprint density at radius 2 is 0.915 bits per heavy atom. The van der Waals surface area contributed by atoms with E-state index in [1.807, 2.05) is 0 Å². The van der Waals surface area contributed by atoms with Gasteiger partial charge in [0.05, 0.1) is 6.61 Å². The molecule has 0 radical (unpaired) electrons. The van der Waals surface area contributed by atoms with Crippen molar-refractivity contribution < 1.29 is 24.2 Å². The van der Waals surface area contributed by atoms with E-state index in [9.17, 15) is 14.7 Å². The number of allylic oxidation sites excluding steroid dienone is 10. The predicted octanol–water partition coefficient (Wildman–Crippen LogP) is 12.0. The van der Waals surface area contributed by atoms with Gasteiger partial charge in [-0.15, -0.1) is 0 Å². The third-order valence-electron chi connectivity index (χ3n) is 8.08. The molecule has 0 saturated heterocycles. The maximum Gasteiger partial charge on any atom is 0.306 e. The molecule has 0 aliphatic rings. The number of hydrogen-bond acceptors (Lipinski definition) is 5. The Balaban J connectivity index is 3.51. The molecule has 0 spiro atoms. The second-order valence-corrected chi connectivity index (χ2v) is 12.6. The third kappa shape index (κ3) is 36.3. The van der Waals surface area contributed by atoms with E-state index in [1.54, 1.807) is 0 Å². The minimum Gasteiger partial charge on any atom is -0.462 e. The van der Waals surface area contributed by atoms with Crippen molar-refractivity contribution >= 4 is 11.9 Å². The van der Waals surface area contributed by atoms with Crippen LogP contribution in [0.2, 0.25) is 0 Å². The number of aliphatic hydroxyl groups is 1. The van der Waals surface area contributed by atoms with Crippen LogP contribution in [-0.2, 0) is 19.1 Å². The lowest BCUT2D eigenvalue weighted by Gasteiger charge is -2.15. The Morgan fingerprint density at radius 1 is 0.511 bits per heavy atom. The maximum atomic E-state index is 12.1. The number of carbonyl (C=O) groups excluding carboxylic acids is 2. The lowest BCUT2D eigenvalue weighted by Crippen LogP contribution is -2.28. The number of aliphatic hydroxyl groups excluding tert-OH is 1. The van der Waals surface area contributed by atoms with Crippen molar-refractivity contribution in [1.82, 2.24) is 0 Å². The number of unbranched alkanes of at least 4 members (excludes halogenated alkanes) is 16. The zero-order valence-electron chi connectivity index (χ0n) is 30.5. The van der Waals surface area contributed by atoms with Gasteiger partial charge in [-0.05, 0) is 57.8 Å². The molecule has 5 nitrogen and oxygen atoms in total. The Hall–Kier alpha value is -2.40. The van der Waals surface area contributed by atoms with Crippen LogP contribution in [0.3, 0.4) is 0 Å². The summed E-state index contributed by atoms with van der Waals surface area (Å²) < 4.78 is 10.5. The maximum absolute atomic E-state index is 12.1. The highest BCUT2D eigenvalue weighted by Crippen LogP contribution is 2.13. The van der Waals surface area contributed by atoms with Crippen LogP contribution < -0.4 is 0 Å². The van der Waals surface area contributed by atoms with E-state index >= 15 is 0 Å². The van der Waals surface area contributed by atoms with Gasteiger partial charge in [0.25, 0.3) is 0 Å². The van der Waals surface area contributed by atoms with E-state index < -0.39 is 6.10 Å². The molecule has 0 heterocycles. The van der Waals surface area contributed by atoms with Gasteiger partial charge in [0.2, 0.25) is 0 Å². The lowest BCUT2D eigenvalue weighted by atomic mass is 10.0. The highest BCUT2D eigenvalue weighted by atomic mass is 16.6. The fourth-order valence-electron chi connectivity index (χ4n) is 5.17. The fourth-order valence-corrected chi connectivity index (χ4v) is 5.17. The summed E-state index contributed by atoms with van der Waals surface area (Å²) in [6.07, 6.45) is 48.8. The van der Waals surface area contributed by atoms with E-state index in [4.69, 9.17) is 9.47 Å². The molecule has 0 aromatic carbocycles. The summed E-state index contributed by atoms with van der Waals surface area (Å²) >= 11 is 0. The van der Waals surface area contributed by atoms with Crippen LogP contribution in [0, 0.1) is 0 Å². The number of esters is 2. The zero-order valence-corrected chi connectivity index (χ0v) is 30.5. The van der Waals surface area contributed by atoms with Crippen LogP contribution in [0.1, 0.15) is 174 Å². The van der Waals surface area contributed by atoms with Crippen LogP contribution in [0.4, 0.5) is 0 Å². The van der Waals surface area contributed by atoms with Gasteiger partial charge in [-0.3, -0.25) is 9.59 Å². The van der Waals surface area contributed by atoms with Gasteiger partial charge in [-0.25, -0.2) is 0 Å². The van der Waals surface area contributed by atoms with E-state index in [0.717, 1.165) is 70.6 Å². The summed E-state index contributed by atoms with van der Waals surface area (Å²) in [6.45, 7) is 3.94. The zero-order chi connectivity index (χ0) is 34.3. The Bertz CT molecular complexity index is 838. The average Bonchev–Trinajstić information content (AvgIpc) is 3.07. The predicted molar refractivity (Wildman–Crippen MR) is 200 cm³/mol. The van der Waals surface area contributed by atoms with Crippen molar-refractivity contribution in [2.45, 2.75) is 180 Å². The topological polar surface area (TPSA) is 72.8 Å². The highest BCUT2D eigenvalue weighted by molar-refractivity contribution is 5.70. The number of hydrogen-bond donors (Lipinski definition) is 1. The van der Waals surface area contributed by atoms with Gasteiger partial charge < -0.3 is 14.6 Å². The molecule has 0 aliphatic heterocycles. The SMILES string of the molecule is CC/C=C\C/C=C\C/C=C\C/C=C\C/C=C\CCCCCCCCCCCCCC(=O)OC(CO)COC(=O)CCCCCCCC. The van der Waals surface area contributed by atoms with Crippen molar-refractivity contribution in [2.24, 2.45) is 0 Å². The molecule has 47 heavy (non-hydrogen) atoms. The molecular weight excluding hydrogens is 584 g/mol. The smallest absolute Gasteiger partial charge is 0.306 e. The van der Waals surface area contributed by atoms with Crippen LogP contribution in [0.25, 0.3) is 0 Å². The molecule has 1 unspecified atom stereocenters. The van der Waals surface area contributed by atoms with E-state index in [-0.39, 0.29) is 25.2 Å². The minimum absolute atomic E-state index is 0.0682. The van der Waals surface area contributed by atoms with Crippen LogP contribution >= 0.6 is 0 Å². The molecule has 0 saturated carbocycles. The number of carbonyl (C=O) groups is 2. The van der Waals surface area contributed by atoms with Crippen molar-refractivity contribution in [3.05, 3.63) is 60.8 Å². The van der Waals surface area contributed by atoms with Gasteiger partial charge in [0, 0.05) is 12.8 Å². The number of rotatable bonds is 34. The largest absolute Gasteiger partial charge is 0.462 e. The Kier molecular flexibility index (Phi) is 36.1. The Labute approximate surface area is 290 Å². The van der Waals surface area contributed by atoms with E-state index in [0.29, 0.717) is 12.8 Å². The first-order valence-corrected chi connectivity index (χ1v) is 19.3. The first-order valence-electron chi connectivity index (χ1n) is 19.3. The Morgan fingerprint density at radius 3 is 1.38 bits per heavy atom. The van der Waals surface area contributed by atoms with Gasteiger partial charge in [0.1, 0.15) is 6.61 Å². The van der Waals surface area contributed by atoms with Crippen molar-refractivity contribution in [2.75, 3.05) is 13.2 Å². The summed E-state index contributed by atoms with van der Waals surface area (Å²) in [7, 11) is 0. The quantitative estimate of drug-likeness (QED) is 0.0424. The summed E-state index contributed by atoms with van der Waals surface area (Å²) in [5.41, 5.74) is 0. The summed E-state index contributed by atoms with van der Waals surface area (Å²) in [4.78, 5) is 24.0. The minimum atomic E-state index is -0.769. The normalized spacial score (nSPS) is 12.8. The van der Waals surface area contributed by atoms with Gasteiger partial charge in [-0.1, -0.05) is 164 Å². The second kappa shape index (κ2) is 38.1. The monoisotopic (exact) mass is 657 g/mol. The van der Waals surface area contributed by atoms with E-state index in [2.05, 4.69) is 74.6 Å². The van der Waals surface area contributed by atoms with Gasteiger partial charge in [-0.2, -0.15) is 0 Å². The van der Waals surface area contributed by atoms with Crippen LogP contribution in [-0.4, -0.2) is 36.4 Å². The molecule has 0 fully saturated rings. The molecule has 0 aromatic heterocycles. The fraction of sp³-hybridized carbons (Fsp3) is 0.714. The molecule has 0 aromatic rings. The highest BCUT2D eigenvalue weighted by Gasteiger charge is 2.16. The number of ether oxygens (including phenoxy) is 2. The van der Waals surface area contributed by atoms with Gasteiger partial charge in [0.15, 0.2) is 6.10 Å². The van der Waals surface area contributed by atoms with Crippen molar-refractivity contribution in [1.29, 1.82) is 0 Å². The van der Waals surface area contributed by atoms with Crippen LogP contribution in [0.15, 0.2) is 60.8 Å². The van der Waals surface area contributed by atoms with Crippen molar-refractivity contribution in [3.63, 3.8) is 0 Å². The summed E-state index contributed by atoms with van der Waals surface area (Å²) in [5, 5.41) is 9.48. The third-order valence-corrected chi connectivity index (χ3v) is 8.08. The molecule has 0 bridgehead atoms. The molecule has 0 amide bonds. The van der Waals surface area contributed by atoms with Crippen molar-refractivity contribution in [3.8, 4) is 0 Å². The molecule has 5 heteroatoms. The lowest BCUT2D eigenvalue weighted by molar-refractivity contribution is -0.161. The standard InChI is InChI=1S/C42H72O5/c1-3-5-7-9-11-12-13-14-15-16-17-18-19-20-21-22-23-24-25-26-27-28-29-30-31-33-35-37-42(45)47-40(38-43)39-46-41(44)36-34-32-10-8-6-4-2/h5,7,11-12,14-15,17-18,20-21,40,43H,3-4,6,8-10,13,16,19,22-39H2,1-2H3/b7-5-,12-11-,15-14-,18-17-,21-20-. The van der Waals surface area contributed by atoms with Gasteiger partial charge >= 0.3 is 11.9 Å². The molecule has 270 valence electrons.